The normalized spacial score (nSPS) is 20.3. The molecule has 2 aromatic heterocycles. The Morgan fingerprint density at radius 2 is 2.23 bits per heavy atom. The van der Waals surface area contributed by atoms with Crippen LogP contribution in [0.2, 0.25) is 0 Å². The van der Waals surface area contributed by atoms with E-state index < -0.39 is 0 Å². The molecule has 2 atom stereocenters. The predicted octanol–water partition coefficient (Wildman–Crippen LogP) is 0.0890. The van der Waals surface area contributed by atoms with Crippen LogP contribution >= 0.6 is 11.5 Å². The summed E-state index contributed by atoms with van der Waals surface area (Å²) in [4.78, 5) is 31.8. The number of aryl methyl sites for hydroxylation is 2. The van der Waals surface area contributed by atoms with Crippen molar-refractivity contribution in [1.29, 1.82) is 0 Å². The number of hydrogen-bond acceptors (Lipinski definition) is 7. The highest BCUT2D eigenvalue weighted by atomic mass is 32.1. The molecule has 140 valence electrons. The zero-order valence-electron chi connectivity index (χ0n) is 15.1. The van der Waals surface area contributed by atoms with Gasteiger partial charge in [0.25, 0.3) is 5.91 Å². The van der Waals surface area contributed by atoms with Gasteiger partial charge in [-0.1, -0.05) is 4.49 Å². The number of aromatic nitrogens is 4. The number of carbonyl (C=O) groups is 2. The van der Waals surface area contributed by atoms with Gasteiger partial charge in [-0.05, 0) is 31.8 Å². The van der Waals surface area contributed by atoms with E-state index in [2.05, 4.69) is 30.1 Å². The summed E-state index contributed by atoms with van der Waals surface area (Å²) in [6.07, 6.45) is 4.18. The Bertz CT molecular complexity index is 787. The lowest BCUT2D eigenvalue weighted by atomic mass is 10.1. The molecule has 0 saturated carbocycles. The highest BCUT2D eigenvalue weighted by Gasteiger charge is 2.38. The summed E-state index contributed by atoms with van der Waals surface area (Å²) in [5.41, 5.74) is 0.621. The van der Waals surface area contributed by atoms with E-state index >= 15 is 0 Å². The van der Waals surface area contributed by atoms with Crippen molar-refractivity contribution in [2.75, 3.05) is 13.1 Å². The van der Waals surface area contributed by atoms with Gasteiger partial charge in [-0.2, -0.15) is 0 Å². The maximum Gasteiger partial charge on any atom is 0.265 e. The van der Waals surface area contributed by atoms with E-state index in [0.29, 0.717) is 36.6 Å². The lowest BCUT2D eigenvalue weighted by molar-refractivity contribution is -0.125. The van der Waals surface area contributed by atoms with Gasteiger partial charge in [0.1, 0.15) is 10.7 Å². The van der Waals surface area contributed by atoms with Crippen LogP contribution in [0.3, 0.4) is 0 Å². The highest BCUT2D eigenvalue weighted by Crippen LogP contribution is 2.21. The van der Waals surface area contributed by atoms with Crippen molar-refractivity contribution < 1.29 is 9.59 Å². The molecule has 10 heteroatoms. The number of nitrogens with zero attached hydrogens (tertiary/aromatic N) is 5. The quantitative estimate of drug-likeness (QED) is 0.739. The van der Waals surface area contributed by atoms with Crippen LogP contribution < -0.4 is 10.6 Å². The fourth-order valence-electron chi connectivity index (χ4n) is 3.17. The van der Waals surface area contributed by atoms with Crippen LogP contribution in [0, 0.1) is 6.92 Å². The number of likely N-dealkylation sites (N-methyl/N-ethyl adjacent to an activating group) is 1. The molecule has 2 aromatic rings. The first-order chi connectivity index (χ1) is 12.5. The smallest absolute Gasteiger partial charge is 0.265 e. The van der Waals surface area contributed by atoms with Gasteiger partial charge in [0.15, 0.2) is 0 Å². The van der Waals surface area contributed by atoms with Crippen molar-refractivity contribution in [1.82, 2.24) is 34.7 Å². The molecule has 0 aromatic carbocycles. The van der Waals surface area contributed by atoms with E-state index in [1.54, 1.807) is 13.1 Å². The summed E-state index contributed by atoms with van der Waals surface area (Å²) >= 11 is 1.08. The minimum atomic E-state index is -0.294. The molecule has 0 spiro atoms. The molecule has 3 heterocycles. The lowest BCUT2D eigenvalue weighted by Crippen LogP contribution is -2.43. The fraction of sp³-hybridized carbons (Fsp3) is 0.562. The second-order valence-electron chi connectivity index (χ2n) is 6.39. The maximum absolute atomic E-state index is 12.5. The number of amides is 2. The van der Waals surface area contributed by atoms with Crippen molar-refractivity contribution in [2.45, 2.75) is 38.9 Å². The molecule has 0 aliphatic carbocycles. The van der Waals surface area contributed by atoms with Crippen molar-refractivity contribution in [3.8, 4) is 0 Å². The minimum absolute atomic E-state index is 0.0194. The molecular formula is C16H23N7O2S. The molecule has 9 nitrogen and oxygen atoms in total. The summed E-state index contributed by atoms with van der Waals surface area (Å²) in [5, 5.41) is 9.78. The third-order valence-electron chi connectivity index (χ3n) is 4.52. The van der Waals surface area contributed by atoms with Gasteiger partial charge in [0.05, 0.1) is 18.3 Å². The Balaban J connectivity index is 1.71. The van der Waals surface area contributed by atoms with Gasteiger partial charge >= 0.3 is 0 Å². The first-order valence-electron chi connectivity index (χ1n) is 8.57. The third-order valence-corrected chi connectivity index (χ3v) is 5.34. The van der Waals surface area contributed by atoms with Gasteiger partial charge in [0.2, 0.25) is 5.91 Å². The Morgan fingerprint density at radius 1 is 1.42 bits per heavy atom. The monoisotopic (exact) mass is 377 g/mol. The lowest BCUT2D eigenvalue weighted by Gasteiger charge is -2.22. The molecule has 1 aliphatic heterocycles. The number of likely N-dealkylation sites (tertiary alicyclic amines) is 1. The number of hydrogen-bond donors (Lipinski definition) is 2. The zero-order chi connectivity index (χ0) is 18.7. The van der Waals surface area contributed by atoms with Gasteiger partial charge in [0, 0.05) is 38.6 Å². The Hall–Kier alpha value is -2.33. The first-order valence-corrected chi connectivity index (χ1v) is 9.34. The van der Waals surface area contributed by atoms with E-state index in [1.165, 1.54) is 0 Å². The molecule has 1 aliphatic rings. The van der Waals surface area contributed by atoms with Gasteiger partial charge in [-0.15, -0.1) is 5.10 Å². The van der Waals surface area contributed by atoms with Gasteiger partial charge in [-0.25, -0.2) is 4.98 Å². The van der Waals surface area contributed by atoms with E-state index in [1.807, 2.05) is 24.7 Å². The Morgan fingerprint density at radius 3 is 2.85 bits per heavy atom. The number of rotatable bonds is 6. The van der Waals surface area contributed by atoms with Gasteiger partial charge < -0.3 is 15.2 Å². The largest absolute Gasteiger partial charge is 0.355 e. The third kappa shape index (κ3) is 3.91. The van der Waals surface area contributed by atoms with E-state index in [0.717, 1.165) is 17.4 Å². The van der Waals surface area contributed by atoms with E-state index in [-0.39, 0.29) is 23.9 Å². The molecule has 3 rings (SSSR count). The molecule has 1 saturated heterocycles. The van der Waals surface area contributed by atoms with Crippen molar-refractivity contribution >= 4 is 23.3 Å². The van der Waals surface area contributed by atoms with Gasteiger partial charge in [-0.3, -0.25) is 14.5 Å². The summed E-state index contributed by atoms with van der Waals surface area (Å²) in [6, 6.07) is -0.408. The minimum Gasteiger partial charge on any atom is -0.355 e. The van der Waals surface area contributed by atoms with Crippen LogP contribution in [-0.4, -0.2) is 61.0 Å². The van der Waals surface area contributed by atoms with Crippen LogP contribution in [0.4, 0.5) is 0 Å². The standard InChI is InChI=1S/C16H23N7O2S/c1-4-17-15(24)12-7-11(19-16(25)14-10(2)20-21-26-14)8-23(12)9-13-18-5-6-22(13)3/h5-6,11-12H,4,7-9H2,1-3H3,(H,17,24)(H,19,25)/t11-,12-/m0/s1. The van der Waals surface area contributed by atoms with Crippen LogP contribution in [-0.2, 0) is 18.4 Å². The molecule has 1 fully saturated rings. The Labute approximate surface area is 156 Å². The van der Waals surface area contributed by atoms with Crippen molar-refractivity contribution in [3.05, 3.63) is 28.8 Å². The number of carbonyl (C=O) groups excluding carboxylic acids is 2. The summed E-state index contributed by atoms with van der Waals surface area (Å²) in [5.74, 6) is 0.680. The van der Waals surface area contributed by atoms with Crippen LogP contribution in [0.25, 0.3) is 0 Å². The van der Waals surface area contributed by atoms with Crippen LogP contribution in [0.1, 0.15) is 34.5 Å². The molecule has 0 bridgehead atoms. The fourth-order valence-corrected chi connectivity index (χ4v) is 3.73. The van der Waals surface area contributed by atoms with E-state index in [9.17, 15) is 9.59 Å². The second-order valence-corrected chi connectivity index (χ2v) is 7.14. The predicted molar refractivity (Wildman–Crippen MR) is 96.6 cm³/mol. The topological polar surface area (TPSA) is 105 Å². The van der Waals surface area contributed by atoms with Crippen LogP contribution in [0.5, 0.6) is 0 Å². The van der Waals surface area contributed by atoms with Crippen molar-refractivity contribution in [3.63, 3.8) is 0 Å². The average Bonchev–Trinajstić information content (AvgIpc) is 3.30. The summed E-state index contributed by atoms with van der Waals surface area (Å²) in [6.45, 7) is 5.38. The molecule has 26 heavy (non-hydrogen) atoms. The average molecular weight is 377 g/mol. The molecular weight excluding hydrogens is 354 g/mol. The van der Waals surface area contributed by atoms with E-state index in [4.69, 9.17) is 0 Å². The van der Waals surface area contributed by atoms with Crippen LogP contribution in [0.15, 0.2) is 12.4 Å². The molecule has 2 N–H and O–H groups in total. The summed E-state index contributed by atoms with van der Waals surface area (Å²) < 4.78 is 5.74. The molecule has 2 amide bonds. The Kier molecular flexibility index (Phi) is 5.62. The second kappa shape index (κ2) is 7.92. The SMILES string of the molecule is CCNC(=O)[C@@H]1C[C@H](NC(=O)c2snnc2C)CN1Cc1nccn1C. The maximum atomic E-state index is 12.5. The first kappa shape index (κ1) is 18.5. The van der Waals surface area contributed by atoms with Crippen molar-refractivity contribution in [2.24, 2.45) is 7.05 Å². The molecule has 0 radical (unpaired) electrons. The summed E-state index contributed by atoms with van der Waals surface area (Å²) in [7, 11) is 1.93. The molecule has 0 unspecified atom stereocenters. The highest BCUT2D eigenvalue weighted by molar-refractivity contribution is 7.08. The zero-order valence-corrected chi connectivity index (χ0v) is 15.9. The number of nitrogens with one attached hydrogen (secondary N) is 2. The number of imidazole rings is 1.